The van der Waals surface area contributed by atoms with Crippen molar-refractivity contribution in [3.63, 3.8) is 0 Å². The molecular formula is C28H26F2N6O4. The monoisotopic (exact) mass is 548 g/mol. The van der Waals surface area contributed by atoms with Gasteiger partial charge < -0.3 is 15.4 Å². The predicted molar refractivity (Wildman–Crippen MR) is 139 cm³/mol. The number of aryl methyl sites for hydroxylation is 3. The third-order valence-corrected chi connectivity index (χ3v) is 7.77. The van der Waals surface area contributed by atoms with Crippen LogP contribution < -0.4 is 15.4 Å². The van der Waals surface area contributed by atoms with Crippen LogP contribution in [0.3, 0.4) is 0 Å². The number of amides is 2. The van der Waals surface area contributed by atoms with Gasteiger partial charge in [0.2, 0.25) is 5.91 Å². The summed E-state index contributed by atoms with van der Waals surface area (Å²) < 4.78 is 39.8. The first kappa shape index (κ1) is 25.7. The van der Waals surface area contributed by atoms with E-state index in [0.717, 1.165) is 34.6 Å². The maximum Gasteiger partial charge on any atom is 0.276 e. The molecule has 2 aromatic heterocycles. The van der Waals surface area contributed by atoms with Gasteiger partial charge in [0.05, 0.1) is 12.3 Å². The van der Waals surface area contributed by atoms with Crippen LogP contribution in [0.5, 0.6) is 5.75 Å². The lowest BCUT2D eigenvalue weighted by Crippen LogP contribution is -2.52. The molecule has 1 aliphatic heterocycles. The summed E-state index contributed by atoms with van der Waals surface area (Å²) in [4.78, 5) is 27.1. The zero-order valence-corrected chi connectivity index (χ0v) is 22.0. The van der Waals surface area contributed by atoms with E-state index in [1.807, 2.05) is 26.0 Å². The molecule has 1 saturated carbocycles. The molecule has 10 nitrogen and oxygen atoms in total. The van der Waals surface area contributed by atoms with Crippen molar-refractivity contribution in [2.75, 3.05) is 11.9 Å². The molecule has 12 heteroatoms. The van der Waals surface area contributed by atoms with E-state index in [2.05, 4.69) is 35.8 Å². The molecule has 206 valence electrons. The molecule has 0 saturated heterocycles. The van der Waals surface area contributed by atoms with E-state index < -0.39 is 40.8 Å². The standard InChI is InChI=1S/C28H26F2N6O4/c1-13-21(14(2)34-33-13)16-4-6-18(7-5-16)31-27(38)25(32-26(37)24-15(3)35-40-36-24)23-22-19(30)10-17(29)11-20(22)39-12-28(23)8-9-28/h4-7,10-11,23,25H,8-9,12H2,1-3H3,(H,31,38)(H,32,37)(H,33,34)/t23?,25-/m0/s1. The predicted octanol–water partition coefficient (Wildman–Crippen LogP) is 4.36. The van der Waals surface area contributed by atoms with E-state index in [1.54, 1.807) is 19.1 Å². The Labute approximate surface area is 227 Å². The highest BCUT2D eigenvalue weighted by molar-refractivity contribution is 6.01. The number of ether oxygens (including phenoxy) is 1. The Kier molecular flexibility index (Phi) is 6.12. The smallest absolute Gasteiger partial charge is 0.276 e. The summed E-state index contributed by atoms with van der Waals surface area (Å²) in [6.45, 7) is 5.53. The van der Waals surface area contributed by atoms with E-state index in [-0.39, 0.29) is 29.3 Å². The summed E-state index contributed by atoms with van der Waals surface area (Å²) in [5.41, 5.74) is 3.73. The zero-order valence-electron chi connectivity index (χ0n) is 22.0. The van der Waals surface area contributed by atoms with Crippen molar-refractivity contribution in [1.29, 1.82) is 0 Å². The second-order valence-corrected chi connectivity index (χ2v) is 10.5. The molecule has 2 aliphatic rings. The second kappa shape index (κ2) is 9.54. The quantitative estimate of drug-likeness (QED) is 0.326. The summed E-state index contributed by atoms with van der Waals surface area (Å²) >= 11 is 0. The molecule has 0 radical (unpaired) electrons. The molecule has 1 fully saturated rings. The van der Waals surface area contributed by atoms with Crippen LogP contribution in [0.2, 0.25) is 0 Å². The third kappa shape index (κ3) is 4.38. The van der Waals surface area contributed by atoms with Gasteiger partial charge in [-0.1, -0.05) is 17.3 Å². The molecule has 1 spiro atoms. The fraction of sp³-hybridized carbons (Fsp3) is 0.321. The van der Waals surface area contributed by atoms with E-state index in [0.29, 0.717) is 18.5 Å². The third-order valence-electron chi connectivity index (χ3n) is 7.77. The normalized spacial score (nSPS) is 17.6. The van der Waals surface area contributed by atoms with Gasteiger partial charge in [-0.15, -0.1) is 0 Å². The number of rotatable bonds is 6. The molecule has 2 atom stereocenters. The number of benzene rings is 2. The lowest BCUT2D eigenvalue weighted by Gasteiger charge is -2.38. The van der Waals surface area contributed by atoms with Crippen molar-refractivity contribution in [3.8, 4) is 16.9 Å². The number of carbonyl (C=O) groups excluding carboxylic acids is 2. The van der Waals surface area contributed by atoms with Gasteiger partial charge in [0.25, 0.3) is 5.91 Å². The Morgan fingerprint density at radius 2 is 1.82 bits per heavy atom. The molecule has 6 rings (SSSR count). The minimum Gasteiger partial charge on any atom is -0.492 e. The van der Waals surface area contributed by atoms with Crippen LogP contribution in [-0.4, -0.2) is 45.0 Å². The van der Waals surface area contributed by atoms with Gasteiger partial charge in [-0.2, -0.15) is 5.10 Å². The van der Waals surface area contributed by atoms with Gasteiger partial charge in [0.1, 0.15) is 29.1 Å². The molecule has 4 aromatic rings. The number of H-pyrrole nitrogens is 1. The number of aromatic amines is 1. The zero-order chi connectivity index (χ0) is 28.2. The number of aromatic nitrogens is 4. The van der Waals surface area contributed by atoms with Gasteiger partial charge in [-0.05, 0) is 56.5 Å². The lowest BCUT2D eigenvalue weighted by atomic mass is 9.75. The van der Waals surface area contributed by atoms with Crippen LogP contribution in [0.1, 0.15) is 51.9 Å². The first-order valence-corrected chi connectivity index (χ1v) is 12.8. The van der Waals surface area contributed by atoms with Crippen molar-refractivity contribution in [2.45, 2.75) is 45.6 Å². The number of anilines is 1. The number of fused-ring (bicyclic) bond motifs is 1. The number of hydrogen-bond donors (Lipinski definition) is 3. The first-order chi connectivity index (χ1) is 19.2. The fourth-order valence-electron chi connectivity index (χ4n) is 5.60. The van der Waals surface area contributed by atoms with Crippen LogP contribution in [0.15, 0.2) is 41.0 Å². The van der Waals surface area contributed by atoms with E-state index in [4.69, 9.17) is 4.74 Å². The number of carbonyl (C=O) groups is 2. The van der Waals surface area contributed by atoms with Gasteiger partial charge in [0, 0.05) is 46.0 Å². The summed E-state index contributed by atoms with van der Waals surface area (Å²) in [6.07, 6.45) is 1.30. The Hall–Kier alpha value is -4.61. The van der Waals surface area contributed by atoms with Crippen molar-refractivity contribution in [1.82, 2.24) is 25.8 Å². The van der Waals surface area contributed by atoms with Crippen LogP contribution >= 0.6 is 0 Å². The fourth-order valence-corrected chi connectivity index (χ4v) is 5.60. The highest BCUT2D eigenvalue weighted by Crippen LogP contribution is 2.61. The van der Waals surface area contributed by atoms with Crippen molar-refractivity contribution in [2.24, 2.45) is 5.41 Å². The average molecular weight is 549 g/mol. The molecular weight excluding hydrogens is 522 g/mol. The first-order valence-electron chi connectivity index (χ1n) is 12.8. The van der Waals surface area contributed by atoms with Crippen molar-refractivity contribution in [3.05, 3.63) is 76.4 Å². The number of nitrogens with zero attached hydrogens (tertiary/aromatic N) is 3. The number of hydrogen-bond acceptors (Lipinski definition) is 7. The second-order valence-electron chi connectivity index (χ2n) is 10.5. The molecule has 0 bridgehead atoms. The highest BCUT2D eigenvalue weighted by atomic mass is 19.1. The summed E-state index contributed by atoms with van der Waals surface area (Å²) in [5.74, 6) is -3.71. The van der Waals surface area contributed by atoms with Gasteiger partial charge >= 0.3 is 0 Å². The maximum absolute atomic E-state index is 15.3. The van der Waals surface area contributed by atoms with Crippen LogP contribution in [0.4, 0.5) is 14.5 Å². The van der Waals surface area contributed by atoms with Crippen molar-refractivity contribution >= 4 is 17.5 Å². The van der Waals surface area contributed by atoms with Crippen LogP contribution in [0.25, 0.3) is 11.1 Å². The van der Waals surface area contributed by atoms with E-state index in [9.17, 15) is 14.0 Å². The maximum atomic E-state index is 15.3. The molecule has 2 amide bonds. The summed E-state index contributed by atoms with van der Waals surface area (Å²) in [5, 5.41) is 20.1. The van der Waals surface area contributed by atoms with Gasteiger partial charge in [-0.25, -0.2) is 13.4 Å². The topological polar surface area (TPSA) is 135 Å². The Balaban J connectivity index is 1.36. The number of halogens is 2. The molecule has 1 unspecified atom stereocenters. The summed E-state index contributed by atoms with van der Waals surface area (Å²) in [6, 6.07) is 7.81. The van der Waals surface area contributed by atoms with E-state index in [1.165, 1.54) is 0 Å². The highest BCUT2D eigenvalue weighted by Gasteiger charge is 2.59. The molecule has 3 heterocycles. The molecule has 2 aromatic carbocycles. The lowest BCUT2D eigenvalue weighted by molar-refractivity contribution is -0.119. The average Bonchev–Trinajstić information content (AvgIpc) is 3.42. The van der Waals surface area contributed by atoms with Crippen LogP contribution in [0, 0.1) is 37.8 Å². The van der Waals surface area contributed by atoms with E-state index >= 15 is 4.39 Å². The largest absolute Gasteiger partial charge is 0.492 e. The SMILES string of the molecule is Cc1nonc1C(=O)N[C@H](C(=O)Nc1ccc(-c2c(C)n[nH]c2C)cc1)C1c2c(F)cc(F)cc2OCC12CC2. The molecule has 40 heavy (non-hydrogen) atoms. The minimum atomic E-state index is -1.24. The van der Waals surface area contributed by atoms with Gasteiger partial charge in [0.15, 0.2) is 5.69 Å². The molecule has 3 N–H and O–H groups in total. The Morgan fingerprint density at radius 1 is 1.07 bits per heavy atom. The van der Waals surface area contributed by atoms with Crippen LogP contribution in [-0.2, 0) is 4.79 Å². The molecule has 1 aliphatic carbocycles. The van der Waals surface area contributed by atoms with Crippen molar-refractivity contribution < 1.29 is 27.7 Å². The Morgan fingerprint density at radius 3 is 2.45 bits per heavy atom. The minimum absolute atomic E-state index is 0.0153. The Bertz CT molecular complexity index is 1610. The van der Waals surface area contributed by atoms with Gasteiger partial charge in [-0.3, -0.25) is 14.7 Å². The number of nitrogens with one attached hydrogen (secondary N) is 3. The summed E-state index contributed by atoms with van der Waals surface area (Å²) in [7, 11) is 0.